The highest BCUT2D eigenvalue weighted by Crippen LogP contribution is 2.38. The second kappa shape index (κ2) is 15.4. The van der Waals surface area contributed by atoms with Gasteiger partial charge in [0.15, 0.2) is 28.6 Å². The zero-order chi connectivity index (χ0) is 36.0. The monoisotopic (exact) mass is 698 g/mol. The number of ether oxygens (including phenoxy) is 5. The first kappa shape index (κ1) is 35.1. The zero-order valence-corrected chi connectivity index (χ0v) is 29.2. The molecule has 8 heterocycles. The van der Waals surface area contributed by atoms with Crippen molar-refractivity contribution >= 4 is 17.7 Å². The predicted molar refractivity (Wildman–Crippen MR) is 186 cm³/mol. The van der Waals surface area contributed by atoms with Crippen LogP contribution in [0.3, 0.4) is 0 Å². The zero-order valence-electron chi connectivity index (χ0n) is 29.2. The van der Waals surface area contributed by atoms with E-state index in [0.29, 0.717) is 78.8 Å². The van der Waals surface area contributed by atoms with Crippen molar-refractivity contribution in [1.29, 1.82) is 0 Å². The molecule has 11 rings (SSSR count). The first-order valence-corrected chi connectivity index (χ1v) is 16.9. The molecular formula is C38H42N4O9. The van der Waals surface area contributed by atoms with Crippen molar-refractivity contribution in [3.63, 3.8) is 0 Å². The fourth-order valence-electron chi connectivity index (χ4n) is 6.27. The second-order valence-corrected chi connectivity index (χ2v) is 12.5. The largest absolute Gasteiger partial charge is 0.493 e. The van der Waals surface area contributed by atoms with Gasteiger partial charge in [-0.1, -0.05) is 11.2 Å². The smallest absolute Gasteiger partial charge is 0.264 e. The third kappa shape index (κ3) is 8.03. The van der Waals surface area contributed by atoms with Crippen molar-refractivity contribution < 1.29 is 42.6 Å². The maximum Gasteiger partial charge on any atom is 0.264 e. The molecule has 0 aliphatic carbocycles. The Hall–Kier alpha value is -5.72. The van der Waals surface area contributed by atoms with Crippen molar-refractivity contribution in [3.05, 3.63) is 88.8 Å². The molecule has 1 fully saturated rings. The number of nitrogens with one attached hydrogen (secondary N) is 2. The van der Waals surface area contributed by atoms with Crippen LogP contribution in [0.2, 0.25) is 0 Å². The number of carbonyl (C=O) groups excluding carboxylic acids is 3. The SMILES string of the molecule is COc1cc2ccc1Oc1ccc(cc1OC)C(=O)NCCOc1ccc(cc1)OC1(CCN(C(=O)CCc3c(C)noc3C)CC1)C(=O)NC2. The van der Waals surface area contributed by atoms with E-state index in [4.69, 9.17) is 28.2 Å². The molecule has 1 spiro atoms. The summed E-state index contributed by atoms with van der Waals surface area (Å²) in [6.45, 7) is 5.10. The number of nitrogens with zero attached hydrogens (tertiary/aromatic N) is 2. The van der Waals surface area contributed by atoms with Crippen molar-refractivity contribution in [2.45, 2.75) is 51.7 Å². The van der Waals surface area contributed by atoms with Gasteiger partial charge in [-0.2, -0.15) is 0 Å². The number of methoxy groups -OCH3 is 2. The van der Waals surface area contributed by atoms with Crippen molar-refractivity contribution in [1.82, 2.24) is 20.7 Å². The van der Waals surface area contributed by atoms with Gasteiger partial charge in [0.05, 0.1) is 26.5 Å². The molecule has 1 saturated heterocycles. The van der Waals surface area contributed by atoms with Gasteiger partial charge in [0.2, 0.25) is 5.91 Å². The van der Waals surface area contributed by atoms with E-state index in [1.807, 2.05) is 19.9 Å². The van der Waals surface area contributed by atoms with Gasteiger partial charge in [-0.25, -0.2) is 0 Å². The highest BCUT2D eigenvalue weighted by molar-refractivity contribution is 5.95. The lowest BCUT2D eigenvalue weighted by atomic mass is 9.89. The summed E-state index contributed by atoms with van der Waals surface area (Å²) in [5, 5.41) is 9.90. The molecule has 51 heavy (non-hydrogen) atoms. The molecule has 2 N–H and O–H groups in total. The Morgan fingerprint density at radius 2 is 1.59 bits per heavy atom. The quantitative estimate of drug-likeness (QED) is 0.294. The van der Waals surface area contributed by atoms with E-state index in [-0.39, 0.29) is 37.4 Å². The Kier molecular flexibility index (Phi) is 10.6. The molecule has 1 aromatic heterocycles. The lowest BCUT2D eigenvalue weighted by molar-refractivity contribution is -0.146. The van der Waals surface area contributed by atoms with Crippen molar-refractivity contribution in [2.24, 2.45) is 0 Å². The summed E-state index contributed by atoms with van der Waals surface area (Å²) < 4.78 is 34.9. The average Bonchev–Trinajstić information content (AvgIpc) is 3.48. The maximum atomic E-state index is 14.1. The summed E-state index contributed by atoms with van der Waals surface area (Å²) >= 11 is 0. The van der Waals surface area contributed by atoms with Crippen LogP contribution in [-0.2, 0) is 22.6 Å². The van der Waals surface area contributed by atoms with Crippen LogP contribution in [0.5, 0.6) is 34.5 Å². The Balaban J connectivity index is 1.22. The highest BCUT2D eigenvalue weighted by Gasteiger charge is 2.44. The first-order valence-electron chi connectivity index (χ1n) is 16.9. The average molecular weight is 699 g/mol. The normalized spacial score (nSPS) is 16.1. The number of amides is 3. The molecule has 3 amide bonds. The maximum absolute atomic E-state index is 14.1. The molecule has 4 aromatic rings. The van der Waals surface area contributed by atoms with Gasteiger partial charge in [0.25, 0.3) is 11.8 Å². The lowest BCUT2D eigenvalue weighted by Crippen LogP contribution is -2.58. The van der Waals surface area contributed by atoms with Crippen molar-refractivity contribution in [3.8, 4) is 34.5 Å². The predicted octanol–water partition coefficient (Wildman–Crippen LogP) is 4.91. The summed E-state index contributed by atoms with van der Waals surface area (Å²) in [5.41, 5.74) is 1.68. The van der Waals surface area contributed by atoms with E-state index < -0.39 is 5.60 Å². The van der Waals surface area contributed by atoms with Gasteiger partial charge in [0.1, 0.15) is 23.9 Å². The molecule has 0 radical (unpaired) electrons. The van der Waals surface area contributed by atoms with Crippen LogP contribution in [0.15, 0.2) is 65.2 Å². The number of benzene rings is 3. The molecule has 6 bridgehead atoms. The molecule has 7 aliphatic heterocycles. The molecule has 7 aliphatic rings. The minimum Gasteiger partial charge on any atom is -0.493 e. The number of hydrogen-bond acceptors (Lipinski definition) is 10. The fourth-order valence-corrected chi connectivity index (χ4v) is 6.27. The minimum absolute atomic E-state index is 0.0000454. The summed E-state index contributed by atoms with van der Waals surface area (Å²) in [7, 11) is 3.03. The third-order valence-corrected chi connectivity index (χ3v) is 9.23. The molecule has 0 unspecified atom stereocenters. The Bertz CT molecular complexity index is 1860. The van der Waals surface area contributed by atoms with Crippen LogP contribution in [0.1, 0.15) is 52.2 Å². The minimum atomic E-state index is -1.23. The topological polar surface area (TPSA) is 151 Å². The summed E-state index contributed by atoms with van der Waals surface area (Å²) in [6, 6.07) is 17.3. The lowest BCUT2D eigenvalue weighted by Gasteiger charge is -2.40. The number of aromatic nitrogens is 1. The molecule has 268 valence electrons. The van der Waals surface area contributed by atoms with Crippen LogP contribution in [0.4, 0.5) is 0 Å². The third-order valence-electron chi connectivity index (χ3n) is 9.23. The van der Waals surface area contributed by atoms with Crippen LogP contribution in [0, 0.1) is 13.8 Å². The van der Waals surface area contributed by atoms with Crippen molar-refractivity contribution in [2.75, 3.05) is 40.5 Å². The van der Waals surface area contributed by atoms with E-state index in [9.17, 15) is 14.4 Å². The first-order chi connectivity index (χ1) is 24.7. The number of likely N-dealkylation sites (tertiary alicyclic amines) is 1. The Morgan fingerprint density at radius 1 is 0.902 bits per heavy atom. The van der Waals surface area contributed by atoms with Gasteiger partial charge in [-0.3, -0.25) is 14.4 Å². The van der Waals surface area contributed by atoms with E-state index in [1.54, 1.807) is 59.5 Å². The molecule has 0 atom stereocenters. The summed E-state index contributed by atoms with van der Waals surface area (Å²) in [4.78, 5) is 41.9. The van der Waals surface area contributed by atoms with Crippen LogP contribution in [0.25, 0.3) is 0 Å². The number of aryl methyl sites for hydroxylation is 2. The van der Waals surface area contributed by atoms with Crippen LogP contribution >= 0.6 is 0 Å². The summed E-state index contributed by atoms with van der Waals surface area (Å²) in [6.07, 6.45) is 1.44. The van der Waals surface area contributed by atoms with E-state index in [0.717, 1.165) is 22.6 Å². The Labute approximate surface area is 296 Å². The van der Waals surface area contributed by atoms with E-state index in [2.05, 4.69) is 15.8 Å². The number of hydrogen-bond donors (Lipinski definition) is 2. The molecule has 0 saturated carbocycles. The highest BCUT2D eigenvalue weighted by atomic mass is 16.5. The number of rotatable bonds is 5. The summed E-state index contributed by atoms with van der Waals surface area (Å²) in [5.74, 6) is 2.84. The van der Waals surface area contributed by atoms with Gasteiger partial charge in [-0.15, -0.1) is 0 Å². The molecule has 3 aromatic carbocycles. The van der Waals surface area contributed by atoms with Gasteiger partial charge in [-0.05, 0) is 80.4 Å². The molecule has 13 heteroatoms. The number of piperidine rings is 1. The molecular weight excluding hydrogens is 656 g/mol. The standard InChI is InChI=1S/C38H42N4O9/c1-24-30(25(2)51-41-24)11-14-35(43)42-18-15-38(16-19-42)37(45)40-23-26-5-12-31(33(21-26)46-3)49-32-13-6-27(22-34(32)47-4)36(44)39-17-20-48-28-7-9-29(50-38)10-8-28/h5-10,12-13,21-22H,11,14-20,23H2,1-4H3,(H,39,44)(H,40,45). The molecule has 13 nitrogen and oxygen atoms in total. The van der Waals surface area contributed by atoms with Gasteiger partial charge >= 0.3 is 0 Å². The van der Waals surface area contributed by atoms with Crippen LogP contribution < -0.4 is 34.3 Å². The second-order valence-electron chi connectivity index (χ2n) is 12.5. The number of carbonyl (C=O) groups is 3. The van der Waals surface area contributed by atoms with Crippen LogP contribution in [-0.4, -0.2) is 73.8 Å². The van der Waals surface area contributed by atoms with E-state index in [1.165, 1.54) is 14.2 Å². The van der Waals surface area contributed by atoms with E-state index >= 15 is 0 Å². The van der Waals surface area contributed by atoms with Gasteiger partial charge < -0.3 is 43.7 Å². The Morgan fingerprint density at radius 3 is 2.27 bits per heavy atom. The fraction of sp³-hybridized carbons (Fsp3) is 0.368. The van der Waals surface area contributed by atoms with Gasteiger partial charge in [0, 0.05) is 50.0 Å².